The van der Waals surface area contributed by atoms with Gasteiger partial charge >= 0.3 is 0 Å². The second-order valence-electron chi connectivity index (χ2n) is 14.0. The normalized spacial score (nSPS) is 12.3. The highest BCUT2D eigenvalue weighted by atomic mass is 16.3. The summed E-state index contributed by atoms with van der Waals surface area (Å²) in [5.41, 5.74) is 9.11. The van der Waals surface area contributed by atoms with Gasteiger partial charge in [0.15, 0.2) is 0 Å². The van der Waals surface area contributed by atoms with Gasteiger partial charge in [0.25, 0.3) is 0 Å². The van der Waals surface area contributed by atoms with Crippen molar-refractivity contribution in [3.05, 3.63) is 170 Å². The molecule has 0 N–H and O–H groups in total. The van der Waals surface area contributed by atoms with Gasteiger partial charge in [-0.3, -0.25) is 0 Å². The molecule has 11 aromatic carbocycles. The first-order valence-corrected chi connectivity index (χ1v) is 17.7. The zero-order valence-corrected chi connectivity index (χ0v) is 27.6. The number of para-hydroxylation sites is 1. The lowest BCUT2D eigenvalue weighted by Gasteiger charge is -2.18. The van der Waals surface area contributed by atoms with Gasteiger partial charge in [-0.25, -0.2) is 0 Å². The molecule has 0 saturated carbocycles. The SMILES string of the molecule is c1cc2ccc3ccc(-c4cc(-c5ccc6oc7ccccc7c6c5)cc(-c5ccc6ccc7cccc8ccc5c6c78)c4)c4ccc(c1)c2c34. The standard InChI is InChI=1S/C50H28O/c1-2-10-45-41(9-1)44-28-35(19-24-46(44)51-45)36-25-37(39-20-15-33-13-11-29-5-3-7-31-17-22-42(39)49(33)47(29)31)27-38(26-36)40-21-16-34-14-12-30-6-4-8-32-18-23-43(40)50(34)48(30)32/h1-28H. The van der Waals surface area contributed by atoms with Crippen LogP contribution in [0.4, 0.5) is 0 Å². The molecule has 0 aliphatic rings. The molecule has 0 unspecified atom stereocenters. The minimum atomic E-state index is 0.912. The van der Waals surface area contributed by atoms with Gasteiger partial charge in [-0.15, -0.1) is 0 Å². The van der Waals surface area contributed by atoms with Crippen LogP contribution >= 0.6 is 0 Å². The maximum atomic E-state index is 6.24. The van der Waals surface area contributed by atoms with Crippen molar-refractivity contribution in [1.29, 1.82) is 0 Å². The first-order valence-electron chi connectivity index (χ1n) is 17.7. The van der Waals surface area contributed by atoms with E-state index in [1.165, 1.54) is 98.0 Å². The van der Waals surface area contributed by atoms with E-state index in [0.717, 1.165) is 21.9 Å². The topological polar surface area (TPSA) is 13.1 Å². The molecule has 0 spiro atoms. The molecule has 0 fully saturated rings. The third-order valence-electron chi connectivity index (χ3n) is 11.3. The Hall–Kier alpha value is -6.70. The Morgan fingerprint density at radius 1 is 0.255 bits per heavy atom. The van der Waals surface area contributed by atoms with Crippen LogP contribution in [0.3, 0.4) is 0 Å². The van der Waals surface area contributed by atoms with Crippen molar-refractivity contribution in [3.63, 3.8) is 0 Å². The lowest BCUT2D eigenvalue weighted by Crippen LogP contribution is -1.91. The maximum Gasteiger partial charge on any atom is 0.135 e. The molecule has 0 radical (unpaired) electrons. The molecule has 0 amide bonds. The van der Waals surface area contributed by atoms with Gasteiger partial charge < -0.3 is 4.42 Å². The molecule has 0 bridgehead atoms. The Morgan fingerprint density at radius 2 is 0.725 bits per heavy atom. The van der Waals surface area contributed by atoms with Crippen LogP contribution in [-0.2, 0) is 0 Å². The molecule has 12 aromatic rings. The van der Waals surface area contributed by atoms with Gasteiger partial charge in [0, 0.05) is 10.8 Å². The van der Waals surface area contributed by atoms with Crippen molar-refractivity contribution in [2.45, 2.75) is 0 Å². The number of hydrogen-bond acceptors (Lipinski definition) is 1. The van der Waals surface area contributed by atoms with Crippen molar-refractivity contribution >= 4 is 86.6 Å². The first kappa shape index (κ1) is 27.2. The molecule has 0 aliphatic heterocycles. The second kappa shape index (κ2) is 9.94. The smallest absolute Gasteiger partial charge is 0.135 e. The summed E-state index contributed by atoms with van der Waals surface area (Å²) >= 11 is 0. The van der Waals surface area contributed by atoms with Crippen molar-refractivity contribution in [2.24, 2.45) is 0 Å². The molecule has 1 heterocycles. The summed E-state index contributed by atoms with van der Waals surface area (Å²) in [6.07, 6.45) is 0. The van der Waals surface area contributed by atoms with Crippen molar-refractivity contribution in [2.75, 3.05) is 0 Å². The summed E-state index contributed by atoms with van der Waals surface area (Å²) in [6, 6.07) is 62.9. The summed E-state index contributed by atoms with van der Waals surface area (Å²) < 4.78 is 6.24. The molecular weight excluding hydrogens is 617 g/mol. The van der Waals surface area contributed by atoms with E-state index in [0.29, 0.717) is 0 Å². The lowest BCUT2D eigenvalue weighted by atomic mass is 9.86. The molecular formula is C50H28O. The molecule has 1 aromatic heterocycles. The van der Waals surface area contributed by atoms with Crippen LogP contribution < -0.4 is 0 Å². The van der Waals surface area contributed by atoms with Crippen molar-refractivity contribution < 1.29 is 4.42 Å². The van der Waals surface area contributed by atoms with Crippen LogP contribution in [0.1, 0.15) is 0 Å². The van der Waals surface area contributed by atoms with E-state index in [-0.39, 0.29) is 0 Å². The van der Waals surface area contributed by atoms with Crippen LogP contribution in [-0.4, -0.2) is 0 Å². The fourth-order valence-corrected chi connectivity index (χ4v) is 8.98. The average molecular weight is 645 g/mol. The molecule has 234 valence electrons. The fraction of sp³-hybridized carbons (Fsp3) is 0. The molecule has 12 rings (SSSR count). The Bertz CT molecular complexity index is 3160. The van der Waals surface area contributed by atoms with Crippen LogP contribution in [0, 0.1) is 0 Å². The molecule has 0 atom stereocenters. The third kappa shape index (κ3) is 3.81. The molecule has 0 saturated heterocycles. The predicted molar refractivity (Wildman–Crippen MR) is 217 cm³/mol. The number of rotatable bonds is 3. The van der Waals surface area contributed by atoms with Gasteiger partial charge in [0.2, 0.25) is 0 Å². The zero-order chi connectivity index (χ0) is 33.2. The Kier molecular flexibility index (Phi) is 5.29. The summed E-state index contributed by atoms with van der Waals surface area (Å²) in [7, 11) is 0. The van der Waals surface area contributed by atoms with Crippen molar-refractivity contribution in [1.82, 2.24) is 0 Å². The zero-order valence-electron chi connectivity index (χ0n) is 27.6. The number of furan rings is 1. The van der Waals surface area contributed by atoms with Crippen LogP contribution in [0.25, 0.3) is 120 Å². The predicted octanol–water partition coefficient (Wildman–Crippen LogP) is 14.4. The number of fused-ring (bicyclic) bond motifs is 3. The lowest BCUT2D eigenvalue weighted by molar-refractivity contribution is 0.669. The van der Waals surface area contributed by atoms with Gasteiger partial charge in [-0.1, -0.05) is 133 Å². The van der Waals surface area contributed by atoms with E-state index < -0.39 is 0 Å². The molecule has 51 heavy (non-hydrogen) atoms. The number of hydrogen-bond donors (Lipinski definition) is 0. The molecule has 1 nitrogen and oxygen atoms in total. The van der Waals surface area contributed by atoms with E-state index in [1.54, 1.807) is 0 Å². The highest BCUT2D eigenvalue weighted by Crippen LogP contribution is 2.44. The first-order chi connectivity index (χ1) is 25.2. The maximum absolute atomic E-state index is 6.24. The highest BCUT2D eigenvalue weighted by molar-refractivity contribution is 6.27. The van der Waals surface area contributed by atoms with Crippen LogP contribution in [0.2, 0.25) is 0 Å². The molecule has 0 aliphatic carbocycles. The van der Waals surface area contributed by atoms with Gasteiger partial charge in [0.1, 0.15) is 11.2 Å². The summed E-state index contributed by atoms with van der Waals surface area (Å²) in [5.74, 6) is 0. The summed E-state index contributed by atoms with van der Waals surface area (Å²) in [5, 5.41) is 17.9. The van der Waals surface area contributed by atoms with Gasteiger partial charge in [0.05, 0.1) is 0 Å². The van der Waals surface area contributed by atoms with E-state index in [4.69, 9.17) is 4.42 Å². The Labute approximate surface area is 293 Å². The number of benzene rings is 11. The fourth-order valence-electron chi connectivity index (χ4n) is 8.98. The third-order valence-corrected chi connectivity index (χ3v) is 11.3. The highest BCUT2D eigenvalue weighted by Gasteiger charge is 2.17. The largest absolute Gasteiger partial charge is 0.456 e. The Balaban J connectivity index is 1.17. The van der Waals surface area contributed by atoms with Gasteiger partial charge in [-0.2, -0.15) is 0 Å². The minimum absolute atomic E-state index is 0.912. The van der Waals surface area contributed by atoms with Crippen LogP contribution in [0.15, 0.2) is 174 Å². The van der Waals surface area contributed by atoms with E-state index in [9.17, 15) is 0 Å². The van der Waals surface area contributed by atoms with E-state index in [2.05, 4.69) is 164 Å². The van der Waals surface area contributed by atoms with Gasteiger partial charge in [-0.05, 0) is 134 Å². The molecule has 1 heteroatoms. The second-order valence-corrected chi connectivity index (χ2v) is 14.0. The Morgan fingerprint density at radius 3 is 1.31 bits per heavy atom. The van der Waals surface area contributed by atoms with E-state index in [1.807, 2.05) is 6.07 Å². The van der Waals surface area contributed by atoms with E-state index >= 15 is 0 Å². The van der Waals surface area contributed by atoms with Crippen LogP contribution in [0.5, 0.6) is 0 Å². The summed E-state index contributed by atoms with van der Waals surface area (Å²) in [4.78, 5) is 0. The quantitative estimate of drug-likeness (QED) is 0.174. The minimum Gasteiger partial charge on any atom is -0.456 e. The summed E-state index contributed by atoms with van der Waals surface area (Å²) in [6.45, 7) is 0. The monoisotopic (exact) mass is 644 g/mol. The van der Waals surface area contributed by atoms with Crippen molar-refractivity contribution in [3.8, 4) is 33.4 Å². The average Bonchev–Trinajstić information content (AvgIpc) is 3.57.